The second-order valence-corrected chi connectivity index (χ2v) is 9.84. The van der Waals surface area contributed by atoms with Gasteiger partial charge in [-0.15, -0.1) is 0 Å². The van der Waals surface area contributed by atoms with Crippen LogP contribution in [0.4, 0.5) is 0 Å². The lowest BCUT2D eigenvalue weighted by Gasteiger charge is -2.33. The molecule has 4 fully saturated rings. The molecule has 218 valence electrons. The summed E-state index contributed by atoms with van der Waals surface area (Å²) in [6.45, 7) is -0.266. The standard InChI is InChI=1S/C26H32N2O12/c29-17-13-19-27(17)23(25(33)34)15(39-19)9-11-37-21(31)7-5-3-1-2-4-6-8-22(32)38-12-10-16-24(26(35)36)28-18(30)14-20(28)40-16/h9-10,19-20,23-24H,1-8,11-14H2,(H,33,34)(H,35,36)/b15-9-,16-10-/t19-,20-,23-,24-/m1/s1. The van der Waals surface area contributed by atoms with Crippen molar-refractivity contribution < 1.29 is 57.9 Å². The molecule has 0 aliphatic carbocycles. The van der Waals surface area contributed by atoms with Gasteiger partial charge in [-0.2, -0.15) is 0 Å². The van der Waals surface area contributed by atoms with Crippen LogP contribution < -0.4 is 0 Å². The average molecular weight is 565 g/mol. The van der Waals surface area contributed by atoms with E-state index < -0.39 is 48.4 Å². The molecule has 0 aromatic carbocycles. The number of amides is 2. The summed E-state index contributed by atoms with van der Waals surface area (Å²) in [5.41, 5.74) is 0. The van der Waals surface area contributed by atoms with Gasteiger partial charge in [0.2, 0.25) is 11.8 Å². The number of rotatable bonds is 15. The van der Waals surface area contributed by atoms with Crippen LogP contribution in [0.25, 0.3) is 0 Å². The van der Waals surface area contributed by atoms with Crippen molar-refractivity contribution in [2.24, 2.45) is 0 Å². The zero-order valence-electron chi connectivity index (χ0n) is 21.8. The van der Waals surface area contributed by atoms with Gasteiger partial charge in [-0.1, -0.05) is 25.7 Å². The van der Waals surface area contributed by atoms with Crippen molar-refractivity contribution in [1.82, 2.24) is 9.80 Å². The van der Waals surface area contributed by atoms with Gasteiger partial charge in [0.1, 0.15) is 24.7 Å². The Kier molecular flexibility index (Phi) is 9.27. The van der Waals surface area contributed by atoms with E-state index in [1.54, 1.807) is 0 Å². The highest BCUT2D eigenvalue weighted by Gasteiger charge is 2.54. The fourth-order valence-electron chi connectivity index (χ4n) is 4.96. The van der Waals surface area contributed by atoms with Gasteiger partial charge in [-0.25, -0.2) is 9.59 Å². The van der Waals surface area contributed by atoms with Gasteiger partial charge in [0.25, 0.3) is 0 Å². The topological polar surface area (TPSA) is 186 Å². The number of unbranched alkanes of at least 4 members (excludes halogenated alkanes) is 5. The lowest BCUT2D eigenvalue weighted by molar-refractivity contribution is -0.163. The van der Waals surface area contributed by atoms with E-state index in [-0.39, 0.29) is 62.2 Å². The molecule has 0 spiro atoms. The number of fused-ring (bicyclic) bond motifs is 2. The lowest BCUT2D eigenvalue weighted by Crippen LogP contribution is -2.54. The van der Waals surface area contributed by atoms with Crippen LogP contribution in [0.3, 0.4) is 0 Å². The van der Waals surface area contributed by atoms with E-state index in [4.69, 9.17) is 18.9 Å². The average Bonchev–Trinajstić information content (AvgIpc) is 3.36. The second-order valence-electron chi connectivity index (χ2n) is 9.84. The van der Waals surface area contributed by atoms with Crippen molar-refractivity contribution >= 4 is 35.7 Å². The third-order valence-corrected chi connectivity index (χ3v) is 7.07. The number of ether oxygens (including phenoxy) is 4. The first-order chi connectivity index (χ1) is 19.2. The molecule has 0 unspecified atom stereocenters. The predicted molar refractivity (Wildman–Crippen MR) is 131 cm³/mol. The maximum absolute atomic E-state index is 11.9. The number of hydrogen-bond donors (Lipinski definition) is 2. The summed E-state index contributed by atoms with van der Waals surface area (Å²) in [6.07, 6.45) is 6.99. The molecule has 14 nitrogen and oxygen atoms in total. The predicted octanol–water partition coefficient (Wildman–Crippen LogP) is 1.05. The highest BCUT2D eigenvalue weighted by molar-refractivity contribution is 5.91. The monoisotopic (exact) mass is 564 g/mol. The van der Waals surface area contributed by atoms with Crippen LogP contribution in [0.2, 0.25) is 0 Å². The van der Waals surface area contributed by atoms with Crippen molar-refractivity contribution in [1.29, 1.82) is 0 Å². The molecular weight excluding hydrogens is 532 g/mol. The molecule has 0 aromatic heterocycles. The zero-order chi connectivity index (χ0) is 28.8. The summed E-state index contributed by atoms with van der Waals surface area (Å²) >= 11 is 0. The molecule has 4 aliphatic rings. The van der Waals surface area contributed by atoms with E-state index in [1.807, 2.05) is 0 Å². The Hall–Kier alpha value is -4.10. The minimum atomic E-state index is -1.20. The number of hydrogen-bond acceptors (Lipinski definition) is 10. The Morgan fingerprint density at radius 3 is 1.43 bits per heavy atom. The number of aliphatic carboxylic acids is 2. The molecule has 4 atom stereocenters. The number of nitrogens with zero attached hydrogens (tertiary/aromatic N) is 2. The Balaban J connectivity index is 0.999. The van der Waals surface area contributed by atoms with Crippen LogP contribution in [0, 0.1) is 0 Å². The van der Waals surface area contributed by atoms with Gasteiger partial charge in [-0.05, 0) is 25.0 Å². The largest absolute Gasteiger partial charge is 0.479 e. The summed E-state index contributed by atoms with van der Waals surface area (Å²) in [5, 5.41) is 18.6. The summed E-state index contributed by atoms with van der Waals surface area (Å²) in [6, 6.07) is -2.35. The summed E-state index contributed by atoms with van der Waals surface area (Å²) < 4.78 is 21.1. The van der Waals surface area contributed by atoms with Gasteiger partial charge in [-0.3, -0.25) is 29.0 Å². The van der Waals surface area contributed by atoms with Crippen LogP contribution in [0.15, 0.2) is 23.7 Å². The van der Waals surface area contributed by atoms with Crippen LogP contribution in [0.5, 0.6) is 0 Å². The van der Waals surface area contributed by atoms with Crippen molar-refractivity contribution in [3.8, 4) is 0 Å². The molecule has 2 amide bonds. The number of carboxylic acids is 2. The Morgan fingerprint density at radius 2 is 1.07 bits per heavy atom. The first-order valence-corrected chi connectivity index (χ1v) is 13.3. The van der Waals surface area contributed by atoms with Crippen molar-refractivity contribution in [2.75, 3.05) is 13.2 Å². The lowest BCUT2D eigenvalue weighted by atomic mass is 10.1. The van der Waals surface area contributed by atoms with Gasteiger partial charge in [0.05, 0.1) is 12.8 Å². The molecule has 4 heterocycles. The Bertz CT molecular complexity index is 1030. The zero-order valence-corrected chi connectivity index (χ0v) is 21.8. The number of carboxylic acid groups (broad SMARTS) is 2. The second kappa shape index (κ2) is 12.8. The first kappa shape index (κ1) is 28.9. The maximum Gasteiger partial charge on any atom is 0.334 e. The van der Waals surface area contributed by atoms with E-state index in [0.29, 0.717) is 12.8 Å². The molecule has 4 aliphatic heterocycles. The normalized spacial score (nSPS) is 26.4. The van der Waals surface area contributed by atoms with Gasteiger partial charge in [0.15, 0.2) is 24.5 Å². The summed E-state index contributed by atoms with van der Waals surface area (Å²) in [7, 11) is 0. The van der Waals surface area contributed by atoms with Crippen LogP contribution in [-0.4, -0.2) is 93.5 Å². The molecule has 4 saturated heterocycles. The minimum Gasteiger partial charge on any atom is -0.479 e. The molecule has 40 heavy (non-hydrogen) atoms. The maximum atomic E-state index is 11.9. The van der Waals surface area contributed by atoms with Crippen molar-refractivity contribution in [3.63, 3.8) is 0 Å². The Labute approximate surface area is 229 Å². The summed E-state index contributed by atoms with van der Waals surface area (Å²) in [5.74, 6) is -3.58. The van der Waals surface area contributed by atoms with Crippen LogP contribution in [-0.2, 0) is 47.7 Å². The number of β-lactam (4-membered cyclic amide) rings is 2. The molecule has 0 bridgehead atoms. The highest BCUT2D eigenvalue weighted by Crippen LogP contribution is 2.37. The number of esters is 2. The van der Waals surface area contributed by atoms with Crippen LogP contribution in [0.1, 0.15) is 64.2 Å². The van der Waals surface area contributed by atoms with E-state index in [2.05, 4.69) is 0 Å². The molecule has 14 heteroatoms. The summed E-state index contributed by atoms with van der Waals surface area (Å²) in [4.78, 5) is 72.1. The third-order valence-electron chi connectivity index (χ3n) is 7.07. The fraction of sp³-hybridized carbons (Fsp3) is 0.615. The SMILES string of the molecule is O=C(CCCCCCCCC(=O)OC/C=C1\O[C@@H]2CC(=O)N2[C@H]1C(=O)O)OC/C=C1\O[C@@H]2CC(=O)N2[C@H]1C(=O)O. The minimum absolute atomic E-state index is 0.106. The molecule has 0 saturated carbocycles. The van der Waals surface area contributed by atoms with E-state index in [9.17, 15) is 39.0 Å². The van der Waals surface area contributed by atoms with Gasteiger partial charge < -0.3 is 29.2 Å². The Morgan fingerprint density at radius 1 is 0.700 bits per heavy atom. The van der Waals surface area contributed by atoms with E-state index in [0.717, 1.165) is 35.5 Å². The molecule has 0 aromatic rings. The molecule has 0 radical (unpaired) electrons. The highest BCUT2D eigenvalue weighted by atomic mass is 16.6. The number of carbonyl (C=O) groups excluding carboxylic acids is 4. The van der Waals surface area contributed by atoms with Crippen LogP contribution >= 0.6 is 0 Å². The molecule has 2 N–H and O–H groups in total. The van der Waals surface area contributed by atoms with Crippen molar-refractivity contribution in [2.45, 2.75) is 88.7 Å². The van der Waals surface area contributed by atoms with Gasteiger partial charge in [0, 0.05) is 12.8 Å². The van der Waals surface area contributed by atoms with E-state index in [1.165, 1.54) is 12.2 Å². The molecular formula is C26H32N2O12. The fourth-order valence-corrected chi connectivity index (χ4v) is 4.96. The van der Waals surface area contributed by atoms with Crippen molar-refractivity contribution in [3.05, 3.63) is 23.7 Å². The first-order valence-electron chi connectivity index (χ1n) is 13.3. The van der Waals surface area contributed by atoms with Gasteiger partial charge >= 0.3 is 23.9 Å². The number of carbonyl (C=O) groups is 6. The van der Waals surface area contributed by atoms with E-state index >= 15 is 0 Å². The quantitative estimate of drug-likeness (QED) is 0.164. The smallest absolute Gasteiger partial charge is 0.334 e. The molecule has 4 rings (SSSR count). The third kappa shape index (κ3) is 6.54.